The Morgan fingerprint density at radius 2 is 1.65 bits per heavy atom. The van der Waals surface area contributed by atoms with Crippen molar-refractivity contribution in [2.75, 3.05) is 10.6 Å². The van der Waals surface area contributed by atoms with Crippen molar-refractivity contribution in [2.45, 2.75) is 6.92 Å². The molecule has 5 nitrogen and oxygen atoms in total. The standard InChI is InChI=1S/C17H13BrN2O3/c1-10(21)19-12-5-7-13(8-6-12)20-17(22)15-9-11-3-2-4-14(18)16(11)23-15/h2-9H,1H3,(H,19,21)(H,20,22). The number of benzene rings is 2. The zero-order valence-electron chi connectivity index (χ0n) is 12.2. The van der Waals surface area contributed by atoms with Gasteiger partial charge in [-0.25, -0.2) is 0 Å². The van der Waals surface area contributed by atoms with Gasteiger partial charge >= 0.3 is 0 Å². The van der Waals surface area contributed by atoms with Crippen LogP contribution in [-0.4, -0.2) is 11.8 Å². The van der Waals surface area contributed by atoms with Gasteiger partial charge in [-0.15, -0.1) is 0 Å². The number of carbonyl (C=O) groups excluding carboxylic acids is 2. The topological polar surface area (TPSA) is 71.3 Å². The van der Waals surface area contributed by atoms with E-state index in [1.165, 1.54) is 6.92 Å². The number of furan rings is 1. The van der Waals surface area contributed by atoms with Crippen LogP contribution in [0, 0.1) is 0 Å². The minimum atomic E-state index is -0.333. The molecule has 0 bridgehead atoms. The second-order valence-corrected chi connectivity index (χ2v) is 5.84. The fourth-order valence-corrected chi connectivity index (χ4v) is 2.63. The van der Waals surface area contributed by atoms with Gasteiger partial charge in [-0.3, -0.25) is 9.59 Å². The lowest BCUT2D eigenvalue weighted by molar-refractivity contribution is -0.114. The number of halogens is 1. The fraction of sp³-hybridized carbons (Fsp3) is 0.0588. The molecule has 3 aromatic rings. The monoisotopic (exact) mass is 372 g/mol. The van der Waals surface area contributed by atoms with Crippen molar-refractivity contribution in [1.82, 2.24) is 0 Å². The minimum Gasteiger partial charge on any atom is -0.450 e. The Kier molecular flexibility index (Phi) is 4.16. The van der Waals surface area contributed by atoms with E-state index in [1.807, 2.05) is 18.2 Å². The molecule has 2 amide bonds. The molecular formula is C17H13BrN2O3. The van der Waals surface area contributed by atoms with E-state index in [4.69, 9.17) is 4.42 Å². The number of para-hydroxylation sites is 1. The molecule has 0 aliphatic carbocycles. The maximum absolute atomic E-state index is 12.3. The van der Waals surface area contributed by atoms with Gasteiger partial charge in [-0.2, -0.15) is 0 Å². The Morgan fingerprint density at radius 3 is 2.26 bits per heavy atom. The fourth-order valence-electron chi connectivity index (χ4n) is 2.17. The molecule has 0 atom stereocenters. The molecule has 2 aromatic carbocycles. The highest BCUT2D eigenvalue weighted by molar-refractivity contribution is 9.10. The highest BCUT2D eigenvalue weighted by Gasteiger charge is 2.14. The van der Waals surface area contributed by atoms with E-state index in [2.05, 4.69) is 26.6 Å². The second-order valence-electron chi connectivity index (χ2n) is 4.98. The van der Waals surface area contributed by atoms with Gasteiger partial charge in [-0.1, -0.05) is 12.1 Å². The molecule has 0 saturated carbocycles. The largest absolute Gasteiger partial charge is 0.450 e. The first-order valence-electron chi connectivity index (χ1n) is 6.90. The van der Waals surface area contributed by atoms with Crippen LogP contribution in [0.25, 0.3) is 11.0 Å². The third kappa shape index (κ3) is 3.43. The summed E-state index contributed by atoms with van der Waals surface area (Å²) in [6.45, 7) is 1.44. The van der Waals surface area contributed by atoms with Crippen LogP contribution in [0.5, 0.6) is 0 Å². The van der Waals surface area contributed by atoms with Gasteiger partial charge in [0.1, 0.15) is 5.58 Å². The molecule has 0 aliphatic heterocycles. The number of nitrogens with one attached hydrogen (secondary N) is 2. The van der Waals surface area contributed by atoms with Crippen molar-refractivity contribution in [1.29, 1.82) is 0 Å². The van der Waals surface area contributed by atoms with E-state index in [1.54, 1.807) is 30.3 Å². The molecule has 6 heteroatoms. The van der Waals surface area contributed by atoms with E-state index in [0.717, 1.165) is 9.86 Å². The van der Waals surface area contributed by atoms with Gasteiger partial charge < -0.3 is 15.1 Å². The van der Waals surface area contributed by atoms with Crippen molar-refractivity contribution in [3.05, 3.63) is 58.8 Å². The van der Waals surface area contributed by atoms with Gasteiger partial charge in [0.15, 0.2) is 5.76 Å². The van der Waals surface area contributed by atoms with Gasteiger partial charge in [0, 0.05) is 23.7 Å². The number of hydrogen-bond acceptors (Lipinski definition) is 3. The van der Waals surface area contributed by atoms with Crippen molar-refractivity contribution in [3.63, 3.8) is 0 Å². The molecule has 0 spiro atoms. The van der Waals surface area contributed by atoms with E-state index >= 15 is 0 Å². The van der Waals surface area contributed by atoms with Gasteiger partial charge in [0.25, 0.3) is 5.91 Å². The van der Waals surface area contributed by atoms with E-state index in [9.17, 15) is 9.59 Å². The zero-order valence-corrected chi connectivity index (χ0v) is 13.8. The van der Waals surface area contributed by atoms with E-state index in [0.29, 0.717) is 17.0 Å². The Bertz CT molecular complexity index is 884. The summed E-state index contributed by atoms with van der Waals surface area (Å²) in [7, 11) is 0. The summed E-state index contributed by atoms with van der Waals surface area (Å²) in [5.74, 6) is -0.243. The average Bonchev–Trinajstić information content (AvgIpc) is 2.94. The van der Waals surface area contributed by atoms with Crippen LogP contribution in [0.1, 0.15) is 17.5 Å². The summed E-state index contributed by atoms with van der Waals surface area (Å²) >= 11 is 3.39. The lowest BCUT2D eigenvalue weighted by atomic mass is 10.2. The SMILES string of the molecule is CC(=O)Nc1ccc(NC(=O)c2cc3cccc(Br)c3o2)cc1. The molecule has 1 aromatic heterocycles. The molecule has 23 heavy (non-hydrogen) atoms. The first-order chi connectivity index (χ1) is 11.0. The maximum Gasteiger partial charge on any atom is 0.291 e. The second kappa shape index (κ2) is 6.26. The lowest BCUT2D eigenvalue weighted by Gasteiger charge is -2.05. The Hall–Kier alpha value is -2.60. The molecule has 3 rings (SSSR count). The maximum atomic E-state index is 12.3. The first-order valence-corrected chi connectivity index (χ1v) is 7.69. The van der Waals surface area contributed by atoms with Crippen molar-refractivity contribution >= 4 is 50.1 Å². The Balaban J connectivity index is 1.77. The van der Waals surface area contributed by atoms with Gasteiger partial charge in [0.05, 0.1) is 4.47 Å². The third-order valence-corrected chi connectivity index (χ3v) is 3.81. The Morgan fingerprint density at radius 1 is 1.00 bits per heavy atom. The van der Waals surface area contributed by atoms with Crippen LogP contribution in [0.15, 0.2) is 57.4 Å². The van der Waals surface area contributed by atoms with Crippen molar-refractivity contribution in [2.24, 2.45) is 0 Å². The first kappa shape index (κ1) is 15.3. The Labute approximate surface area is 140 Å². The minimum absolute atomic E-state index is 0.144. The molecule has 0 aliphatic rings. The molecular weight excluding hydrogens is 360 g/mol. The summed E-state index contributed by atoms with van der Waals surface area (Å²) in [4.78, 5) is 23.2. The summed E-state index contributed by atoms with van der Waals surface area (Å²) < 4.78 is 6.39. The van der Waals surface area contributed by atoms with Crippen molar-refractivity contribution in [3.8, 4) is 0 Å². The summed E-state index contributed by atoms with van der Waals surface area (Å²) in [5.41, 5.74) is 1.92. The molecule has 0 radical (unpaired) electrons. The third-order valence-electron chi connectivity index (χ3n) is 3.18. The van der Waals surface area contributed by atoms with Crippen molar-refractivity contribution < 1.29 is 14.0 Å². The van der Waals surface area contributed by atoms with Crippen LogP contribution >= 0.6 is 15.9 Å². The van der Waals surface area contributed by atoms with Gasteiger partial charge in [-0.05, 0) is 52.3 Å². The number of carbonyl (C=O) groups is 2. The van der Waals surface area contributed by atoms with Crippen LogP contribution in [-0.2, 0) is 4.79 Å². The quantitative estimate of drug-likeness (QED) is 0.715. The summed E-state index contributed by atoms with van der Waals surface area (Å²) in [6.07, 6.45) is 0. The number of hydrogen-bond donors (Lipinski definition) is 2. The highest BCUT2D eigenvalue weighted by Crippen LogP contribution is 2.27. The predicted octanol–water partition coefficient (Wildman–Crippen LogP) is 4.41. The summed E-state index contributed by atoms with van der Waals surface area (Å²) in [6, 6.07) is 14.2. The summed E-state index contributed by atoms with van der Waals surface area (Å²) in [5, 5.41) is 6.28. The number of anilines is 2. The highest BCUT2D eigenvalue weighted by atomic mass is 79.9. The van der Waals surface area contributed by atoms with Gasteiger partial charge in [0.2, 0.25) is 5.91 Å². The van der Waals surface area contributed by atoms with Crippen LogP contribution in [0.2, 0.25) is 0 Å². The molecule has 0 fully saturated rings. The van der Waals surface area contributed by atoms with Crippen LogP contribution in [0.3, 0.4) is 0 Å². The molecule has 2 N–H and O–H groups in total. The molecule has 0 unspecified atom stereocenters. The number of amides is 2. The molecule has 0 saturated heterocycles. The van der Waals surface area contributed by atoms with Crippen LogP contribution in [0.4, 0.5) is 11.4 Å². The van der Waals surface area contributed by atoms with E-state index < -0.39 is 0 Å². The van der Waals surface area contributed by atoms with E-state index in [-0.39, 0.29) is 17.6 Å². The zero-order chi connectivity index (χ0) is 16.4. The molecule has 116 valence electrons. The predicted molar refractivity (Wildman–Crippen MR) is 92.6 cm³/mol. The number of fused-ring (bicyclic) bond motifs is 1. The average molecular weight is 373 g/mol. The normalized spacial score (nSPS) is 10.5. The molecule has 1 heterocycles. The smallest absolute Gasteiger partial charge is 0.291 e. The lowest BCUT2D eigenvalue weighted by Crippen LogP contribution is -2.11. The number of rotatable bonds is 3. The van der Waals surface area contributed by atoms with Crippen LogP contribution < -0.4 is 10.6 Å².